The van der Waals surface area contributed by atoms with Gasteiger partial charge in [0, 0.05) is 19.0 Å². The molecule has 1 heterocycles. The lowest BCUT2D eigenvalue weighted by Gasteiger charge is -2.05. The van der Waals surface area contributed by atoms with Crippen molar-refractivity contribution in [1.82, 2.24) is 4.98 Å². The van der Waals surface area contributed by atoms with Gasteiger partial charge in [-0.25, -0.2) is 0 Å². The van der Waals surface area contributed by atoms with E-state index in [-0.39, 0.29) is 0 Å². The Bertz CT molecular complexity index is 317. The van der Waals surface area contributed by atoms with Crippen LogP contribution in [0.5, 0.6) is 5.88 Å². The average molecular weight is 190 g/mol. The predicted octanol–water partition coefficient (Wildman–Crippen LogP) is 1.92. The van der Waals surface area contributed by atoms with Crippen LogP contribution < -0.4 is 10.1 Å². The van der Waals surface area contributed by atoms with Crippen molar-refractivity contribution in [2.75, 3.05) is 18.5 Å². The molecule has 0 unspecified atom stereocenters. The molecule has 0 bridgehead atoms. The van der Waals surface area contributed by atoms with Crippen molar-refractivity contribution >= 4 is 5.82 Å². The monoisotopic (exact) mass is 190 g/mol. The summed E-state index contributed by atoms with van der Waals surface area (Å²) in [5.74, 6) is 3.99. The van der Waals surface area contributed by atoms with Crippen molar-refractivity contribution < 1.29 is 4.74 Å². The van der Waals surface area contributed by atoms with E-state index in [1.165, 1.54) is 0 Å². The van der Waals surface area contributed by atoms with E-state index in [4.69, 9.17) is 11.2 Å². The van der Waals surface area contributed by atoms with Gasteiger partial charge in [-0.3, -0.25) is 0 Å². The second-order valence-electron chi connectivity index (χ2n) is 2.67. The van der Waals surface area contributed by atoms with Gasteiger partial charge in [0.15, 0.2) is 0 Å². The highest BCUT2D eigenvalue weighted by molar-refractivity contribution is 5.37. The maximum absolute atomic E-state index is 5.26. The molecule has 0 aromatic carbocycles. The lowest BCUT2D eigenvalue weighted by atomic mass is 10.4. The van der Waals surface area contributed by atoms with Crippen LogP contribution in [-0.4, -0.2) is 18.1 Å². The molecule has 1 aromatic rings. The summed E-state index contributed by atoms with van der Waals surface area (Å²) in [7, 11) is 0. The van der Waals surface area contributed by atoms with Crippen LogP contribution in [0.2, 0.25) is 0 Å². The molecular weight excluding hydrogens is 176 g/mol. The molecule has 1 rings (SSSR count). The molecular formula is C11H14N2O. The number of aromatic nitrogens is 1. The van der Waals surface area contributed by atoms with Crippen molar-refractivity contribution in [2.45, 2.75) is 13.3 Å². The Morgan fingerprint density at radius 2 is 2.43 bits per heavy atom. The summed E-state index contributed by atoms with van der Waals surface area (Å²) in [4.78, 5) is 4.23. The average Bonchev–Trinajstić information content (AvgIpc) is 2.19. The van der Waals surface area contributed by atoms with E-state index in [0.717, 1.165) is 12.4 Å². The smallest absolute Gasteiger partial charge is 0.215 e. The maximum atomic E-state index is 5.26. The van der Waals surface area contributed by atoms with Crippen LogP contribution in [0.4, 0.5) is 5.82 Å². The number of anilines is 1. The Kier molecular flexibility index (Phi) is 4.36. The van der Waals surface area contributed by atoms with Crippen LogP contribution in [-0.2, 0) is 0 Å². The zero-order valence-corrected chi connectivity index (χ0v) is 8.29. The molecule has 0 radical (unpaired) electrons. The van der Waals surface area contributed by atoms with Crippen LogP contribution in [0, 0.1) is 12.3 Å². The van der Waals surface area contributed by atoms with Crippen LogP contribution in [0.25, 0.3) is 0 Å². The van der Waals surface area contributed by atoms with E-state index in [1.54, 1.807) is 0 Å². The fourth-order valence-corrected chi connectivity index (χ4v) is 1.00. The molecule has 0 aliphatic carbocycles. The van der Waals surface area contributed by atoms with E-state index in [1.807, 2.05) is 25.1 Å². The van der Waals surface area contributed by atoms with Crippen molar-refractivity contribution in [1.29, 1.82) is 0 Å². The summed E-state index contributed by atoms with van der Waals surface area (Å²) in [6, 6.07) is 5.62. The highest BCUT2D eigenvalue weighted by atomic mass is 16.5. The molecule has 0 amide bonds. The summed E-state index contributed by atoms with van der Waals surface area (Å²) >= 11 is 0. The Morgan fingerprint density at radius 1 is 1.57 bits per heavy atom. The number of rotatable bonds is 5. The van der Waals surface area contributed by atoms with Gasteiger partial charge in [0.05, 0.1) is 6.61 Å². The number of nitrogens with one attached hydrogen (secondary N) is 1. The fraction of sp³-hybridized carbons (Fsp3) is 0.364. The minimum absolute atomic E-state index is 0.626. The normalized spacial score (nSPS) is 9.14. The quantitative estimate of drug-likeness (QED) is 0.569. The number of hydrogen-bond acceptors (Lipinski definition) is 3. The van der Waals surface area contributed by atoms with Gasteiger partial charge in [-0.15, -0.1) is 12.3 Å². The van der Waals surface area contributed by atoms with Crippen molar-refractivity contribution in [2.24, 2.45) is 0 Å². The lowest BCUT2D eigenvalue weighted by molar-refractivity contribution is 0.327. The summed E-state index contributed by atoms with van der Waals surface area (Å²) in [6.45, 7) is 3.29. The van der Waals surface area contributed by atoms with Gasteiger partial charge in [-0.05, 0) is 13.0 Å². The number of ether oxygens (including phenoxy) is 1. The molecule has 1 aromatic heterocycles. The zero-order valence-electron chi connectivity index (χ0n) is 8.29. The summed E-state index contributed by atoms with van der Waals surface area (Å²) in [5.41, 5.74) is 0. The van der Waals surface area contributed by atoms with Crippen molar-refractivity contribution in [3.05, 3.63) is 18.2 Å². The first-order chi connectivity index (χ1) is 6.86. The zero-order chi connectivity index (χ0) is 10.2. The molecule has 0 saturated carbocycles. The van der Waals surface area contributed by atoms with Crippen LogP contribution >= 0.6 is 0 Å². The molecule has 0 aliphatic rings. The third kappa shape index (κ3) is 3.36. The largest absolute Gasteiger partial charge is 0.478 e. The summed E-state index contributed by atoms with van der Waals surface area (Å²) in [5, 5.41) is 3.11. The molecule has 3 nitrogen and oxygen atoms in total. The summed E-state index contributed by atoms with van der Waals surface area (Å²) < 4.78 is 5.26. The van der Waals surface area contributed by atoms with Gasteiger partial charge in [0.1, 0.15) is 5.82 Å². The Balaban J connectivity index is 2.51. The Morgan fingerprint density at radius 3 is 3.14 bits per heavy atom. The number of hydrogen-bond donors (Lipinski definition) is 1. The van der Waals surface area contributed by atoms with Gasteiger partial charge in [0.25, 0.3) is 0 Å². The van der Waals surface area contributed by atoms with Gasteiger partial charge < -0.3 is 10.1 Å². The van der Waals surface area contributed by atoms with E-state index in [2.05, 4.69) is 16.2 Å². The molecule has 3 heteroatoms. The first-order valence-corrected chi connectivity index (χ1v) is 4.64. The Hall–Kier alpha value is -1.69. The molecule has 74 valence electrons. The number of nitrogens with zero attached hydrogens (tertiary/aromatic N) is 1. The second kappa shape index (κ2) is 5.87. The van der Waals surface area contributed by atoms with E-state index >= 15 is 0 Å². The SMILES string of the molecule is C#CCCNc1cccc(OCC)n1. The van der Waals surface area contributed by atoms with Crippen LogP contribution in [0.1, 0.15) is 13.3 Å². The van der Waals surface area contributed by atoms with Crippen molar-refractivity contribution in [3.8, 4) is 18.2 Å². The lowest BCUT2D eigenvalue weighted by Crippen LogP contribution is -2.03. The minimum atomic E-state index is 0.626. The topological polar surface area (TPSA) is 34.1 Å². The standard InChI is InChI=1S/C11H14N2O/c1-3-5-9-12-10-7-6-8-11(13-10)14-4-2/h1,6-8H,4-5,9H2,2H3,(H,12,13). The number of terminal acetylenes is 1. The molecule has 1 N–H and O–H groups in total. The molecule has 0 aliphatic heterocycles. The molecule has 0 saturated heterocycles. The van der Waals surface area contributed by atoms with Crippen LogP contribution in [0.15, 0.2) is 18.2 Å². The summed E-state index contributed by atoms with van der Waals surface area (Å²) in [6.07, 6.45) is 5.83. The van der Waals surface area contributed by atoms with Crippen LogP contribution in [0.3, 0.4) is 0 Å². The van der Waals surface area contributed by atoms with Gasteiger partial charge in [-0.2, -0.15) is 4.98 Å². The molecule has 0 atom stereocenters. The molecule has 14 heavy (non-hydrogen) atoms. The highest BCUT2D eigenvalue weighted by Crippen LogP contribution is 2.10. The third-order valence-electron chi connectivity index (χ3n) is 1.59. The fourth-order valence-electron chi connectivity index (χ4n) is 1.00. The Labute approximate surface area is 84.5 Å². The first-order valence-electron chi connectivity index (χ1n) is 4.64. The third-order valence-corrected chi connectivity index (χ3v) is 1.59. The van der Waals surface area contributed by atoms with E-state index in [9.17, 15) is 0 Å². The predicted molar refractivity (Wildman–Crippen MR) is 57.3 cm³/mol. The first kappa shape index (κ1) is 10.4. The second-order valence-corrected chi connectivity index (χ2v) is 2.67. The highest BCUT2D eigenvalue weighted by Gasteiger charge is 1.95. The molecule has 0 spiro atoms. The van der Waals surface area contributed by atoms with E-state index < -0.39 is 0 Å². The van der Waals surface area contributed by atoms with Gasteiger partial charge in [-0.1, -0.05) is 6.07 Å². The van der Waals surface area contributed by atoms with Gasteiger partial charge >= 0.3 is 0 Å². The van der Waals surface area contributed by atoms with Crippen molar-refractivity contribution in [3.63, 3.8) is 0 Å². The minimum Gasteiger partial charge on any atom is -0.478 e. The van der Waals surface area contributed by atoms with Gasteiger partial charge in [0.2, 0.25) is 5.88 Å². The maximum Gasteiger partial charge on any atom is 0.215 e. The molecule has 0 fully saturated rings. The number of pyridine rings is 1. The van der Waals surface area contributed by atoms with E-state index in [0.29, 0.717) is 18.9 Å².